The zero-order chi connectivity index (χ0) is 26.2. The molecule has 4 N–H and O–H groups in total. The second-order valence-electron chi connectivity index (χ2n) is 8.20. The average Bonchev–Trinajstić information content (AvgIpc) is 3.50. The molecule has 9 nitrogen and oxygen atoms in total. The fourth-order valence-electron chi connectivity index (χ4n) is 3.91. The third-order valence-electron chi connectivity index (χ3n) is 5.72. The van der Waals surface area contributed by atoms with Crippen LogP contribution < -0.4 is 5.14 Å². The molecule has 0 fully saturated rings. The van der Waals surface area contributed by atoms with E-state index in [1.165, 1.54) is 22.2 Å². The fourth-order valence-corrected chi connectivity index (χ4v) is 5.17. The minimum absolute atomic E-state index is 0.0176. The van der Waals surface area contributed by atoms with E-state index in [-0.39, 0.29) is 28.0 Å². The first kappa shape index (κ1) is 24.4. The predicted octanol–water partition coefficient (Wildman–Crippen LogP) is 4.30. The lowest BCUT2D eigenvalue weighted by molar-refractivity contribution is 0.0691. The molecule has 0 radical (unpaired) electrons. The maximum absolute atomic E-state index is 11.6. The molecule has 186 valence electrons. The molecule has 0 atom stereocenters. The summed E-state index contributed by atoms with van der Waals surface area (Å²) < 4.78 is 24.5. The molecular formula is C26H20N4O5S2. The number of carbonyl (C=O) groups is 1. The third-order valence-corrected chi connectivity index (χ3v) is 7.47. The molecule has 0 aliphatic rings. The number of carboxylic acid groups (broad SMARTS) is 1. The molecule has 0 unspecified atom stereocenters. The van der Waals surface area contributed by atoms with Gasteiger partial charge >= 0.3 is 5.97 Å². The minimum atomic E-state index is -3.84. The summed E-state index contributed by atoms with van der Waals surface area (Å²) in [5.74, 6) is -1.37. The van der Waals surface area contributed by atoms with Crippen molar-refractivity contribution < 1.29 is 23.4 Å². The molecule has 0 aliphatic carbocycles. The van der Waals surface area contributed by atoms with Crippen LogP contribution in [0.3, 0.4) is 0 Å². The van der Waals surface area contributed by atoms with Crippen molar-refractivity contribution in [3.8, 4) is 33.4 Å². The number of nitrogens with two attached hydrogens (primary N) is 1. The van der Waals surface area contributed by atoms with Gasteiger partial charge in [0.25, 0.3) is 0 Å². The predicted molar refractivity (Wildman–Crippen MR) is 139 cm³/mol. The van der Waals surface area contributed by atoms with E-state index in [1.807, 2.05) is 54.6 Å². The summed E-state index contributed by atoms with van der Waals surface area (Å²) in [7, 11) is -3.84. The van der Waals surface area contributed by atoms with E-state index in [0.717, 1.165) is 28.0 Å². The number of hydrogen-bond donors (Lipinski definition) is 3. The Kier molecular flexibility index (Phi) is 6.34. The Balaban J connectivity index is 1.62. The van der Waals surface area contributed by atoms with E-state index in [4.69, 9.17) is 5.14 Å². The minimum Gasteiger partial charge on any atom is -0.493 e. The van der Waals surface area contributed by atoms with E-state index in [0.29, 0.717) is 16.8 Å². The summed E-state index contributed by atoms with van der Waals surface area (Å²) in [6, 6.07) is 23.6. The Labute approximate surface area is 216 Å². The van der Waals surface area contributed by atoms with Crippen LogP contribution in [0.4, 0.5) is 0 Å². The van der Waals surface area contributed by atoms with Crippen molar-refractivity contribution in [2.24, 2.45) is 5.14 Å². The number of aromatic hydroxyl groups is 1. The number of hydrogen-bond acceptors (Lipinski definition) is 7. The second kappa shape index (κ2) is 9.62. The molecule has 11 heteroatoms. The van der Waals surface area contributed by atoms with E-state index in [2.05, 4.69) is 10.1 Å². The molecule has 0 saturated heterocycles. The van der Waals surface area contributed by atoms with Crippen LogP contribution in [0, 0.1) is 0 Å². The highest BCUT2D eigenvalue weighted by Crippen LogP contribution is 2.36. The van der Waals surface area contributed by atoms with Gasteiger partial charge in [-0.05, 0) is 34.9 Å². The van der Waals surface area contributed by atoms with Gasteiger partial charge in [0.15, 0.2) is 5.69 Å². The van der Waals surface area contributed by atoms with Gasteiger partial charge in [0.05, 0.1) is 4.90 Å². The zero-order valence-corrected chi connectivity index (χ0v) is 20.8. The Morgan fingerprint density at radius 3 is 2.27 bits per heavy atom. The van der Waals surface area contributed by atoms with E-state index >= 15 is 0 Å². The number of carboxylic acids is 1. The fraction of sp³-hybridized carbons (Fsp3) is 0.0385. The first-order valence-electron chi connectivity index (χ1n) is 11.0. The Morgan fingerprint density at radius 2 is 1.62 bits per heavy atom. The number of benzene rings is 3. The van der Waals surface area contributed by atoms with Crippen LogP contribution in [0.5, 0.6) is 5.88 Å². The molecule has 0 bridgehead atoms. The van der Waals surface area contributed by atoms with Crippen molar-refractivity contribution in [1.29, 1.82) is 0 Å². The lowest BCUT2D eigenvalue weighted by atomic mass is 9.98. The number of nitrogens with zero attached hydrogens (tertiary/aromatic N) is 3. The highest BCUT2D eigenvalue weighted by molar-refractivity contribution is 7.89. The molecule has 0 saturated carbocycles. The number of rotatable bonds is 7. The van der Waals surface area contributed by atoms with Crippen molar-refractivity contribution in [2.75, 3.05) is 0 Å². The number of sulfonamides is 1. The third kappa shape index (κ3) is 5.00. The lowest BCUT2D eigenvalue weighted by Gasteiger charge is -2.07. The summed E-state index contributed by atoms with van der Waals surface area (Å²) in [5.41, 5.74) is 4.23. The molecule has 3 aromatic carbocycles. The largest absolute Gasteiger partial charge is 0.493 e. The molecule has 2 heterocycles. The summed E-state index contributed by atoms with van der Waals surface area (Å²) >= 11 is 1.04. The monoisotopic (exact) mass is 532 g/mol. The molecule has 5 rings (SSSR count). The number of thiazole rings is 1. The van der Waals surface area contributed by atoms with Crippen LogP contribution in [0.2, 0.25) is 0 Å². The van der Waals surface area contributed by atoms with Crippen LogP contribution in [0.15, 0.2) is 89.1 Å². The van der Waals surface area contributed by atoms with Gasteiger partial charge in [0.2, 0.25) is 21.0 Å². The van der Waals surface area contributed by atoms with Crippen LogP contribution in [-0.2, 0) is 16.4 Å². The molecule has 5 aromatic rings. The summed E-state index contributed by atoms with van der Waals surface area (Å²) in [5, 5.41) is 31.9. The van der Waals surface area contributed by atoms with Crippen LogP contribution in [0.1, 0.15) is 21.6 Å². The van der Waals surface area contributed by atoms with Gasteiger partial charge in [0.1, 0.15) is 5.69 Å². The number of aromatic nitrogens is 3. The molecular weight excluding hydrogens is 512 g/mol. The summed E-state index contributed by atoms with van der Waals surface area (Å²) in [6.45, 7) is 0. The van der Waals surface area contributed by atoms with Crippen LogP contribution in [-0.4, -0.2) is 39.4 Å². The van der Waals surface area contributed by atoms with Gasteiger partial charge in [-0.2, -0.15) is 9.78 Å². The Hall–Kier alpha value is -4.32. The van der Waals surface area contributed by atoms with Crippen molar-refractivity contribution in [3.05, 3.63) is 101 Å². The second-order valence-corrected chi connectivity index (χ2v) is 10.6. The normalized spacial score (nSPS) is 11.5. The van der Waals surface area contributed by atoms with E-state index in [9.17, 15) is 23.4 Å². The van der Waals surface area contributed by atoms with Crippen LogP contribution in [0.25, 0.3) is 27.5 Å². The maximum atomic E-state index is 11.6. The SMILES string of the molecule is NS(=O)(=O)c1ccc(Cc2c(-c3cccc(-c4ccccc4)c3)nn(-c3nc(C(=O)O)cs3)c2O)cc1. The Morgan fingerprint density at radius 1 is 0.946 bits per heavy atom. The number of primary sulfonamides is 1. The molecule has 0 amide bonds. The van der Waals surface area contributed by atoms with Gasteiger partial charge in [-0.25, -0.2) is 23.3 Å². The first-order valence-corrected chi connectivity index (χ1v) is 13.4. The van der Waals surface area contributed by atoms with Crippen molar-refractivity contribution >= 4 is 27.3 Å². The standard InChI is InChI=1S/C26H20N4O5S2/c27-37(34,35)20-11-9-16(10-12-20)13-21-23(19-8-4-7-18(14-19)17-5-2-1-3-6-17)29-30(24(21)31)26-28-22(15-36-26)25(32)33/h1-12,14-15,31H,13H2,(H,32,33)(H2,27,34,35). The smallest absolute Gasteiger partial charge is 0.355 e. The molecule has 2 aromatic heterocycles. The van der Waals surface area contributed by atoms with Gasteiger partial charge in [-0.3, -0.25) is 0 Å². The molecule has 0 aliphatic heterocycles. The van der Waals surface area contributed by atoms with E-state index < -0.39 is 16.0 Å². The van der Waals surface area contributed by atoms with E-state index in [1.54, 1.807) is 12.1 Å². The Bertz CT molecular complexity index is 1710. The first-order chi connectivity index (χ1) is 17.7. The highest BCUT2D eigenvalue weighted by atomic mass is 32.2. The van der Waals surface area contributed by atoms with Gasteiger partial charge in [-0.1, -0.05) is 60.7 Å². The highest BCUT2D eigenvalue weighted by Gasteiger charge is 2.23. The zero-order valence-electron chi connectivity index (χ0n) is 19.1. The van der Waals surface area contributed by atoms with Crippen LogP contribution >= 0.6 is 11.3 Å². The maximum Gasteiger partial charge on any atom is 0.355 e. The summed E-state index contributed by atoms with van der Waals surface area (Å²) in [4.78, 5) is 15.4. The van der Waals surface area contributed by atoms with Gasteiger partial charge in [-0.15, -0.1) is 11.3 Å². The number of aromatic carboxylic acids is 1. The van der Waals surface area contributed by atoms with Crippen molar-refractivity contribution in [3.63, 3.8) is 0 Å². The van der Waals surface area contributed by atoms with Crippen molar-refractivity contribution in [1.82, 2.24) is 14.8 Å². The topological polar surface area (TPSA) is 148 Å². The van der Waals surface area contributed by atoms with Gasteiger partial charge < -0.3 is 10.2 Å². The van der Waals surface area contributed by atoms with Crippen molar-refractivity contribution in [2.45, 2.75) is 11.3 Å². The lowest BCUT2D eigenvalue weighted by Crippen LogP contribution is -2.11. The van der Waals surface area contributed by atoms with Gasteiger partial charge in [0, 0.05) is 22.9 Å². The molecule has 0 spiro atoms. The quantitative estimate of drug-likeness (QED) is 0.283. The summed E-state index contributed by atoms with van der Waals surface area (Å²) in [6.07, 6.45) is 0.221. The average molecular weight is 533 g/mol. The molecule has 37 heavy (non-hydrogen) atoms.